The monoisotopic (exact) mass is 978 g/mol. The van der Waals surface area contributed by atoms with E-state index in [1.54, 1.807) is 20.8 Å². The fourth-order valence-corrected chi connectivity index (χ4v) is 6.79. The third-order valence-corrected chi connectivity index (χ3v) is 8.19. The molecule has 2 aromatic rings. The van der Waals surface area contributed by atoms with Crippen molar-refractivity contribution in [1.82, 2.24) is 0 Å². The van der Waals surface area contributed by atoms with Gasteiger partial charge in [-0.3, -0.25) is 16.5 Å². The predicted molar refractivity (Wildman–Crippen MR) is 207 cm³/mol. The Hall–Kier alpha value is 0.0434. The molecule has 9 heteroatoms. The van der Waals surface area contributed by atoms with Crippen LogP contribution < -0.4 is 0 Å². The average molecular weight is 983 g/mol. The van der Waals surface area contributed by atoms with Crippen molar-refractivity contribution >= 4 is 80.0 Å². The summed E-state index contributed by atoms with van der Waals surface area (Å²) < 4.78 is 13.9. The van der Waals surface area contributed by atoms with Crippen LogP contribution in [-0.2, 0) is 41.8 Å². The zero-order valence-electron chi connectivity index (χ0n) is 29.9. The number of esters is 2. The van der Waals surface area contributed by atoms with Crippen LogP contribution in [0.1, 0.15) is 148 Å². The Kier molecular flexibility index (Phi) is 23.0. The van der Waals surface area contributed by atoms with Crippen LogP contribution in [0.3, 0.4) is 0 Å². The molecule has 0 radical (unpaired) electrons. The van der Waals surface area contributed by atoms with Gasteiger partial charge in [-0.05, 0) is 140 Å². The molecule has 0 aliphatic rings. The fraction of sp³-hybridized carbons (Fsp3) is 0.583. The summed E-state index contributed by atoms with van der Waals surface area (Å²) in [4.78, 5) is 22.4. The van der Waals surface area contributed by atoms with Crippen LogP contribution in [0.25, 0.3) is 0 Å². The number of carbonyl (C=O) groups is 2. The first-order valence-electron chi connectivity index (χ1n) is 15.2. The Morgan fingerprint density at radius 2 is 0.978 bits per heavy atom. The van der Waals surface area contributed by atoms with Crippen molar-refractivity contribution in [3.8, 4) is 0 Å². The summed E-state index contributed by atoms with van der Waals surface area (Å²) in [7, 11) is 0. The quantitative estimate of drug-likeness (QED) is 0.125. The molecule has 0 aliphatic carbocycles. The Balaban J connectivity index is 0. The summed E-state index contributed by atoms with van der Waals surface area (Å²) in [5.74, 6) is 1.30. The van der Waals surface area contributed by atoms with Gasteiger partial charge in [0.05, 0.1) is 6.42 Å². The number of carbonyl (C=O) groups excluding carboxylic acids is 2. The van der Waals surface area contributed by atoms with Gasteiger partial charge in [-0.2, -0.15) is 0 Å². The van der Waals surface area contributed by atoms with E-state index in [4.69, 9.17) is 4.74 Å². The molecule has 0 atom stereocenters. The van der Waals surface area contributed by atoms with E-state index in [-0.39, 0.29) is 5.97 Å². The zero-order chi connectivity index (χ0) is 36.0. The van der Waals surface area contributed by atoms with Crippen molar-refractivity contribution in [3.05, 3.63) is 71.5 Å². The average Bonchev–Trinajstić information content (AvgIpc) is 2.84. The van der Waals surface area contributed by atoms with Gasteiger partial charge in [-0.1, -0.05) is 87.2 Å². The summed E-state index contributed by atoms with van der Waals surface area (Å²) in [6.07, 6.45) is 0.339. The summed E-state index contributed by atoms with van der Waals surface area (Å²) >= 11 is 13.9. The minimum absolute atomic E-state index is 0.159. The minimum atomic E-state index is -0.475. The molecule has 0 saturated carbocycles. The molecule has 252 valence electrons. The Morgan fingerprint density at radius 3 is 1.20 bits per heavy atom. The van der Waals surface area contributed by atoms with Gasteiger partial charge in [0, 0.05) is 12.5 Å². The van der Waals surface area contributed by atoms with Crippen LogP contribution in [0.2, 0.25) is 0 Å². The molecule has 0 unspecified atom stereocenters. The van der Waals surface area contributed by atoms with Crippen molar-refractivity contribution in [1.29, 1.82) is 0 Å². The molecule has 2 rings (SSSR count). The predicted octanol–water partition coefficient (Wildman–Crippen LogP) is 12.9. The maximum absolute atomic E-state index is 12.2. The van der Waals surface area contributed by atoms with Crippen LogP contribution in [0.4, 0.5) is 0 Å². The molecule has 0 heterocycles. The van der Waals surface area contributed by atoms with E-state index in [0.29, 0.717) is 30.1 Å². The molecule has 0 amide bonds. The Morgan fingerprint density at radius 1 is 0.689 bits per heavy atom. The Labute approximate surface area is 322 Å². The molecule has 0 saturated heterocycles. The summed E-state index contributed by atoms with van der Waals surface area (Å²) in [5, 5.41) is 0. The van der Waals surface area contributed by atoms with Crippen molar-refractivity contribution in [2.45, 2.75) is 138 Å². The van der Waals surface area contributed by atoms with E-state index in [2.05, 4.69) is 159 Å². The van der Waals surface area contributed by atoms with Gasteiger partial charge in [0.2, 0.25) is 0 Å². The molecule has 4 nitrogen and oxygen atoms in total. The van der Waals surface area contributed by atoms with Crippen LogP contribution in [0.15, 0.2) is 33.2 Å². The SMILES string of the molecule is CC(C)c1cc(Br)cc(C(C)C)c1CC(=O)OC(C)(C)C.CC(C)c1cc(Br)cc(C(C)C)c1I.[CH2-]C(=O)OC(C)(C)C.[Zn+][Br]. The van der Waals surface area contributed by atoms with E-state index in [1.165, 1.54) is 46.6 Å². The third-order valence-electron chi connectivity index (χ3n) is 6.03. The van der Waals surface area contributed by atoms with Gasteiger partial charge in [-0.25, -0.2) is 0 Å². The molecule has 45 heavy (non-hydrogen) atoms. The molecular weight excluding hydrogens is 928 g/mol. The maximum atomic E-state index is 12.2. The fourth-order valence-electron chi connectivity index (χ4n) is 4.25. The summed E-state index contributed by atoms with van der Waals surface area (Å²) in [6, 6.07) is 8.71. The molecular formula is C36H54Br3IO4Zn. The molecule has 0 N–H and O–H groups in total. The summed E-state index contributed by atoms with van der Waals surface area (Å²) in [5.41, 5.74) is 5.63. The standard InChI is InChI=1S/C18H27BrO2.C12H16BrI.C6H11O2.BrH.Zn/c1-11(2)14-8-13(19)9-15(12(3)4)16(14)10-17(20)21-18(5,6)7;1-7(2)10-5-9(13)6-11(8(3)4)12(10)14;1-5(7)8-6(2,3)4;;/h8-9,11-12H,10H2,1-7H3;5-8H,1-4H3;1H2,2-4H3;1H;/q;;-1;;+2/p-1. The number of rotatable bonds is 6. The normalized spacial score (nSPS) is 11.3. The second-order valence-corrected chi connectivity index (χ2v) is 16.8. The number of halogens is 4. The van der Waals surface area contributed by atoms with Crippen LogP contribution >= 0.6 is 68.1 Å². The molecule has 0 bridgehead atoms. The van der Waals surface area contributed by atoms with Gasteiger partial charge in [0.15, 0.2) is 5.97 Å². The number of benzene rings is 2. The third kappa shape index (κ3) is 20.2. The van der Waals surface area contributed by atoms with Gasteiger partial charge < -0.3 is 9.47 Å². The van der Waals surface area contributed by atoms with Crippen molar-refractivity contribution in [2.24, 2.45) is 0 Å². The first-order chi connectivity index (χ1) is 20.4. The van der Waals surface area contributed by atoms with E-state index < -0.39 is 17.2 Å². The van der Waals surface area contributed by atoms with E-state index >= 15 is 0 Å². The number of hydrogen-bond donors (Lipinski definition) is 0. The van der Waals surface area contributed by atoms with Gasteiger partial charge in [-0.15, -0.1) is 0 Å². The van der Waals surface area contributed by atoms with E-state index in [9.17, 15) is 9.59 Å². The zero-order valence-corrected chi connectivity index (χ0v) is 39.8. The molecule has 0 aliphatic heterocycles. The van der Waals surface area contributed by atoms with Crippen molar-refractivity contribution in [3.63, 3.8) is 0 Å². The molecule has 0 aromatic heterocycles. The van der Waals surface area contributed by atoms with Crippen molar-refractivity contribution < 1.29 is 35.4 Å². The van der Waals surface area contributed by atoms with Gasteiger partial charge >= 0.3 is 35.9 Å². The number of ether oxygens (including phenoxy) is 2. The van der Waals surface area contributed by atoms with Crippen LogP contribution in [-0.4, -0.2) is 23.1 Å². The second kappa shape index (κ2) is 21.9. The van der Waals surface area contributed by atoms with Gasteiger partial charge in [0.25, 0.3) is 0 Å². The molecule has 0 spiro atoms. The first kappa shape index (κ1) is 47.2. The van der Waals surface area contributed by atoms with E-state index in [1.807, 2.05) is 20.8 Å². The molecule has 0 fully saturated rings. The van der Waals surface area contributed by atoms with Crippen LogP contribution in [0.5, 0.6) is 0 Å². The Bertz CT molecular complexity index is 1160. The van der Waals surface area contributed by atoms with E-state index in [0.717, 1.165) is 10.0 Å². The summed E-state index contributed by atoms with van der Waals surface area (Å²) in [6.45, 7) is 31.8. The number of hydrogen-bond acceptors (Lipinski definition) is 4. The topological polar surface area (TPSA) is 52.6 Å². The second-order valence-electron chi connectivity index (χ2n) is 13.9. The van der Waals surface area contributed by atoms with Crippen molar-refractivity contribution in [2.75, 3.05) is 0 Å². The van der Waals surface area contributed by atoms with Crippen LogP contribution in [0, 0.1) is 10.5 Å². The molecule has 2 aromatic carbocycles. The van der Waals surface area contributed by atoms with Gasteiger partial charge in [0.1, 0.15) is 11.2 Å². The first-order valence-corrected chi connectivity index (χ1v) is 24.8.